The maximum Gasteiger partial charge on any atom is 0.303 e. The Labute approximate surface area is 280 Å². The van der Waals surface area contributed by atoms with E-state index < -0.39 is 29.9 Å². The van der Waals surface area contributed by atoms with Crippen LogP contribution >= 0.6 is 0 Å². The first-order chi connectivity index (χ1) is 22.2. The standard InChI is InChI=1S/C36H57N3O8/c1-22(8-15-31-23(2)18-30(25(4)46-31)38-33(41)17-10-24(3)45-26(5)40)9-16-32-35(43)36(21-44-36)20-29(47-32)19-34(42)37-27-11-13-28(14-12-27)39(6)7/h8-10,16-17,23-25,27-32,35,43H,11-15,18-21H2,1-7H3,(H,37,42)(H,38,41)/b16-9+,17-10?,22-8+/t23-,24?,25+,27?,28?,29+,30+,31-,32+,35+,36+/m0/s1. The van der Waals surface area contributed by atoms with Crippen LogP contribution in [0.15, 0.2) is 36.0 Å². The summed E-state index contributed by atoms with van der Waals surface area (Å²) in [4.78, 5) is 38.7. The molecule has 3 saturated heterocycles. The molecule has 11 heteroatoms. The van der Waals surface area contributed by atoms with Crippen LogP contribution in [-0.2, 0) is 33.3 Å². The summed E-state index contributed by atoms with van der Waals surface area (Å²) in [7, 11) is 4.22. The van der Waals surface area contributed by atoms with E-state index in [1.807, 2.05) is 26.0 Å². The Morgan fingerprint density at radius 3 is 2.40 bits per heavy atom. The van der Waals surface area contributed by atoms with Gasteiger partial charge in [0.1, 0.15) is 23.9 Å². The molecule has 11 nitrogen and oxygen atoms in total. The van der Waals surface area contributed by atoms with E-state index in [1.165, 1.54) is 13.0 Å². The number of ether oxygens (including phenoxy) is 4. The minimum atomic E-state index is -0.790. The molecule has 1 aliphatic carbocycles. The fourth-order valence-corrected chi connectivity index (χ4v) is 7.12. The van der Waals surface area contributed by atoms with Gasteiger partial charge in [-0.2, -0.15) is 0 Å². The summed E-state index contributed by atoms with van der Waals surface area (Å²) in [5.41, 5.74) is 0.384. The molecule has 0 radical (unpaired) electrons. The molecule has 9 atom stereocenters. The lowest BCUT2D eigenvalue weighted by molar-refractivity contribution is -0.146. The Morgan fingerprint density at radius 1 is 1.06 bits per heavy atom. The highest BCUT2D eigenvalue weighted by molar-refractivity contribution is 5.87. The van der Waals surface area contributed by atoms with E-state index in [9.17, 15) is 19.5 Å². The number of hydrogen-bond acceptors (Lipinski definition) is 9. The van der Waals surface area contributed by atoms with Crippen molar-refractivity contribution in [2.75, 3.05) is 20.7 Å². The molecule has 1 saturated carbocycles. The van der Waals surface area contributed by atoms with Gasteiger partial charge in [0.15, 0.2) is 0 Å². The fourth-order valence-electron chi connectivity index (χ4n) is 7.12. The molecule has 3 heterocycles. The van der Waals surface area contributed by atoms with Crippen LogP contribution in [0.1, 0.15) is 86.0 Å². The van der Waals surface area contributed by atoms with E-state index in [1.54, 1.807) is 13.0 Å². The number of nitrogens with one attached hydrogen (secondary N) is 2. The van der Waals surface area contributed by atoms with Gasteiger partial charge in [-0.1, -0.05) is 30.7 Å². The monoisotopic (exact) mass is 659 g/mol. The first-order valence-corrected chi connectivity index (χ1v) is 17.3. The Bertz CT molecular complexity index is 1170. The zero-order valence-corrected chi connectivity index (χ0v) is 29.3. The molecule has 0 bridgehead atoms. The highest BCUT2D eigenvalue weighted by Crippen LogP contribution is 2.43. The number of carbonyl (C=O) groups excluding carboxylic acids is 3. The van der Waals surface area contributed by atoms with Crippen LogP contribution in [0.3, 0.4) is 0 Å². The van der Waals surface area contributed by atoms with Gasteiger partial charge in [-0.3, -0.25) is 14.4 Å². The number of esters is 1. The van der Waals surface area contributed by atoms with Crippen LogP contribution in [0.25, 0.3) is 0 Å². The lowest BCUT2D eigenvalue weighted by Crippen LogP contribution is -2.51. The number of amides is 2. The Balaban J connectivity index is 1.24. The van der Waals surface area contributed by atoms with Crippen LogP contribution in [0.4, 0.5) is 0 Å². The van der Waals surface area contributed by atoms with Crippen LogP contribution < -0.4 is 10.6 Å². The van der Waals surface area contributed by atoms with Crippen LogP contribution in [-0.4, -0.2) is 109 Å². The second-order valence-electron chi connectivity index (χ2n) is 14.4. The van der Waals surface area contributed by atoms with Crippen molar-refractivity contribution in [3.8, 4) is 0 Å². The van der Waals surface area contributed by atoms with Crippen molar-refractivity contribution in [1.82, 2.24) is 15.5 Å². The quantitative estimate of drug-likeness (QED) is 0.125. The third-order valence-corrected chi connectivity index (χ3v) is 10.1. The van der Waals surface area contributed by atoms with E-state index in [0.29, 0.717) is 25.5 Å². The Hall–Kier alpha value is -2.57. The molecule has 3 N–H and O–H groups in total. The normalized spacial score (nSPS) is 36.9. The maximum atomic E-state index is 12.9. The molecular formula is C36H57N3O8. The van der Waals surface area contributed by atoms with E-state index in [0.717, 1.165) is 37.7 Å². The first kappa shape index (κ1) is 37.3. The lowest BCUT2D eigenvalue weighted by atomic mass is 9.87. The van der Waals surface area contributed by atoms with Gasteiger partial charge in [-0.05, 0) is 85.4 Å². The number of epoxide rings is 1. The summed E-state index contributed by atoms with van der Waals surface area (Å²) < 4.78 is 23.3. The Morgan fingerprint density at radius 2 is 1.77 bits per heavy atom. The molecule has 0 aromatic carbocycles. The Kier molecular flexibility index (Phi) is 13.2. The van der Waals surface area contributed by atoms with Gasteiger partial charge in [0.2, 0.25) is 11.8 Å². The summed E-state index contributed by atoms with van der Waals surface area (Å²) in [6, 6.07) is 0.663. The predicted molar refractivity (Wildman–Crippen MR) is 178 cm³/mol. The lowest BCUT2D eigenvalue weighted by Gasteiger charge is -2.39. The van der Waals surface area contributed by atoms with Gasteiger partial charge in [-0.15, -0.1) is 0 Å². The van der Waals surface area contributed by atoms with E-state index in [2.05, 4.69) is 42.6 Å². The number of rotatable bonds is 12. The molecule has 0 aromatic rings. The minimum absolute atomic E-state index is 0.00140. The average molecular weight is 660 g/mol. The topological polar surface area (TPSA) is 139 Å². The minimum Gasteiger partial charge on any atom is -0.459 e. The summed E-state index contributed by atoms with van der Waals surface area (Å²) in [5, 5.41) is 17.3. The molecule has 1 unspecified atom stereocenters. The molecule has 2 amide bonds. The average Bonchev–Trinajstić information content (AvgIpc) is 3.77. The van der Waals surface area contributed by atoms with Gasteiger partial charge in [-0.25, -0.2) is 0 Å². The summed E-state index contributed by atoms with van der Waals surface area (Å²) in [6.45, 7) is 9.61. The SMILES string of the molecule is CC(=O)OC(C)C=CC(=O)N[C@@H]1C[C@H](C)[C@H](C/C=C(C)/C=C/[C@H]2O[C@H](CC(=O)NC3CCC(N(C)C)CC3)C[C@@]3(CO3)[C@@H]2O)O[C@@H]1C. The van der Waals surface area contributed by atoms with Crippen LogP contribution in [0.5, 0.6) is 0 Å². The van der Waals surface area contributed by atoms with E-state index in [4.69, 9.17) is 18.9 Å². The zero-order valence-electron chi connectivity index (χ0n) is 29.3. The molecule has 3 aliphatic heterocycles. The molecule has 4 fully saturated rings. The molecule has 47 heavy (non-hydrogen) atoms. The molecule has 4 aliphatic rings. The van der Waals surface area contributed by atoms with E-state index in [-0.39, 0.29) is 54.5 Å². The van der Waals surface area contributed by atoms with Gasteiger partial charge in [0.25, 0.3) is 0 Å². The van der Waals surface area contributed by atoms with Gasteiger partial charge in [0, 0.05) is 31.5 Å². The molecule has 1 spiro atoms. The largest absolute Gasteiger partial charge is 0.459 e. The number of hydrogen-bond donors (Lipinski definition) is 3. The van der Waals surface area contributed by atoms with Gasteiger partial charge in [0.05, 0.1) is 37.4 Å². The summed E-state index contributed by atoms with van der Waals surface area (Å²) in [6.07, 6.45) is 13.0. The van der Waals surface area contributed by atoms with Crippen LogP contribution in [0, 0.1) is 5.92 Å². The molecular weight excluding hydrogens is 602 g/mol. The van der Waals surface area contributed by atoms with Crippen molar-refractivity contribution >= 4 is 17.8 Å². The number of aliphatic hydroxyl groups excluding tert-OH is 1. The van der Waals surface area contributed by atoms with Crippen molar-refractivity contribution in [3.05, 3.63) is 36.0 Å². The number of allylic oxidation sites excluding steroid dienone is 2. The maximum absolute atomic E-state index is 12.9. The van der Waals surface area contributed by atoms with Crippen molar-refractivity contribution < 1.29 is 38.4 Å². The summed E-state index contributed by atoms with van der Waals surface area (Å²) in [5.74, 6) is -0.418. The molecule has 4 rings (SSSR count). The first-order valence-electron chi connectivity index (χ1n) is 17.3. The fraction of sp³-hybridized carbons (Fsp3) is 0.750. The van der Waals surface area contributed by atoms with Crippen molar-refractivity contribution in [2.24, 2.45) is 5.92 Å². The molecule has 0 aromatic heterocycles. The highest BCUT2D eigenvalue weighted by atomic mass is 16.6. The smallest absolute Gasteiger partial charge is 0.303 e. The number of nitrogens with zero attached hydrogens (tertiary/aromatic N) is 1. The summed E-state index contributed by atoms with van der Waals surface area (Å²) >= 11 is 0. The predicted octanol–water partition coefficient (Wildman–Crippen LogP) is 3.35. The molecule has 264 valence electrons. The third-order valence-electron chi connectivity index (χ3n) is 10.1. The van der Waals surface area contributed by atoms with Crippen molar-refractivity contribution in [3.63, 3.8) is 0 Å². The van der Waals surface area contributed by atoms with Crippen molar-refractivity contribution in [2.45, 2.75) is 146 Å². The van der Waals surface area contributed by atoms with Crippen molar-refractivity contribution in [1.29, 1.82) is 0 Å². The number of carbonyl (C=O) groups is 3. The van der Waals surface area contributed by atoms with Gasteiger partial charge >= 0.3 is 5.97 Å². The second kappa shape index (κ2) is 16.7. The van der Waals surface area contributed by atoms with Crippen LogP contribution in [0.2, 0.25) is 0 Å². The zero-order chi connectivity index (χ0) is 34.3. The van der Waals surface area contributed by atoms with Gasteiger partial charge < -0.3 is 39.6 Å². The third kappa shape index (κ3) is 11.0. The second-order valence-corrected chi connectivity index (χ2v) is 14.4. The number of aliphatic hydroxyl groups is 1. The highest BCUT2D eigenvalue weighted by Gasteiger charge is 2.58. The van der Waals surface area contributed by atoms with E-state index >= 15 is 0 Å².